The molecule has 0 aliphatic carbocycles. The number of hydrogen-bond acceptors (Lipinski definition) is 6. The summed E-state index contributed by atoms with van der Waals surface area (Å²) in [4.78, 5) is 16.0. The molecule has 1 aromatic carbocycles. The average molecular weight is 336 g/mol. The summed E-state index contributed by atoms with van der Waals surface area (Å²) >= 11 is 0. The molecule has 1 aromatic heterocycles. The van der Waals surface area contributed by atoms with Gasteiger partial charge in [0.1, 0.15) is 0 Å². The highest BCUT2D eigenvalue weighted by molar-refractivity contribution is 6.06. The summed E-state index contributed by atoms with van der Waals surface area (Å²) in [5.41, 5.74) is 5.46. The molecule has 2 N–H and O–H groups in total. The van der Waals surface area contributed by atoms with Crippen LogP contribution in [-0.4, -0.2) is 21.4 Å². The van der Waals surface area contributed by atoms with Gasteiger partial charge in [-0.05, 0) is 25.1 Å². The van der Waals surface area contributed by atoms with Crippen molar-refractivity contribution in [3.8, 4) is 0 Å². The van der Waals surface area contributed by atoms with Crippen LogP contribution in [0.2, 0.25) is 0 Å². The Labute approximate surface area is 133 Å². The number of nitrogens with two attached hydrogens (primary N) is 1. The Morgan fingerprint density at radius 1 is 1.29 bits per heavy atom. The van der Waals surface area contributed by atoms with E-state index in [1.54, 1.807) is 6.92 Å². The van der Waals surface area contributed by atoms with Crippen LogP contribution in [0.1, 0.15) is 23.7 Å². The standard InChI is InChI=1S/C14H11F3N6O/c1-7-5-10(24)23-13(19-7)11(12(18)22-23)21-20-9-4-2-3-8(6-9)14(15,16)17/h2-4,6H,5H2,1H3,(H2,18,22). The first-order valence-corrected chi connectivity index (χ1v) is 6.80. The molecule has 1 aliphatic heterocycles. The lowest BCUT2D eigenvalue weighted by Gasteiger charge is -2.09. The maximum absolute atomic E-state index is 12.7. The first-order chi connectivity index (χ1) is 11.3. The summed E-state index contributed by atoms with van der Waals surface area (Å²) < 4.78 is 39.1. The van der Waals surface area contributed by atoms with E-state index in [9.17, 15) is 18.0 Å². The minimum atomic E-state index is -4.48. The minimum Gasteiger partial charge on any atom is -0.380 e. The van der Waals surface area contributed by atoms with Crippen LogP contribution in [0.5, 0.6) is 0 Å². The molecule has 0 amide bonds. The van der Waals surface area contributed by atoms with Gasteiger partial charge in [0.15, 0.2) is 17.3 Å². The third-order valence-corrected chi connectivity index (χ3v) is 3.24. The number of rotatable bonds is 2. The Kier molecular flexibility index (Phi) is 3.66. The first kappa shape index (κ1) is 15.8. The Morgan fingerprint density at radius 2 is 2.04 bits per heavy atom. The number of aromatic nitrogens is 2. The molecule has 24 heavy (non-hydrogen) atoms. The maximum atomic E-state index is 12.7. The summed E-state index contributed by atoms with van der Waals surface area (Å²) in [6, 6.07) is 4.38. The zero-order valence-corrected chi connectivity index (χ0v) is 12.4. The van der Waals surface area contributed by atoms with Crippen molar-refractivity contribution < 1.29 is 18.0 Å². The van der Waals surface area contributed by atoms with Gasteiger partial charge in [-0.1, -0.05) is 6.07 Å². The molecule has 0 saturated heterocycles. The number of nitrogens with zero attached hydrogens (tertiary/aromatic N) is 5. The summed E-state index contributed by atoms with van der Waals surface area (Å²) in [5, 5.41) is 11.4. The number of hydrogen-bond donors (Lipinski definition) is 1. The summed E-state index contributed by atoms with van der Waals surface area (Å²) in [5.74, 6) is -0.269. The van der Waals surface area contributed by atoms with Crippen molar-refractivity contribution in [2.75, 3.05) is 5.73 Å². The second-order valence-electron chi connectivity index (χ2n) is 5.13. The van der Waals surface area contributed by atoms with E-state index >= 15 is 0 Å². The number of azo groups is 1. The summed E-state index contributed by atoms with van der Waals surface area (Å²) in [6.45, 7) is 1.66. The van der Waals surface area contributed by atoms with Gasteiger partial charge in [0, 0.05) is 5.71 Å². The molecule has 0 radical (unpaired) electrons. The van der Waals surface area contributed by atoms with Crippen LogP contribution in [0.4, 0.5) is 36.2 Å². The molecule has 0 spiro atoms. The Bertz CT molecular complexity index is 881. The van der Waals surface area contributed by atoms with E-state index in [-0.39, 0.29) is 35.3 Å². The fourth-order valence-corrected chi connectivity index (χ4v) is 2.15. The predicted octanol–water partition coefficient (Wildman–Crippen LogP) is 4.04. The lowest BCUT2D eigenvalue weighted by molar-refractivity contribution is -0.137. The fraction of sp³-hybridized carbons (Fsp3) is 0.214. The van der Waals surface area contributed by atoms with Crippen LogP contribution in [0.3, 0.4) is 0 Å². The Balaban J connectivity index is 1.99. The summed E-state index contributed by atoms with van der Waals surface area (Å²) in [7, 11) is 0. The highest BCUT2D eigenvalue weighted by Crippen LogP contribution is 2.38. The van der Waals surface area contributed by atoms with Gasteiger partial charge in [-0.25, -0.2) is 4.99 Å². The number of carbonyl (C=O) groups is 1. The largest absolute Gasteiger partial charge is 0.416 e. The van der Waals surface area contributed by atoms with Gasteiger partial charge in [0.25, 0.3) is 5.91 Å². The molecular formula is C14H11F3N6O. The van der Waals surface area contributed by atoms with Gasteiger partial charge in [-0.15, -0.1) is 10.2 Å². The molecule has 10 heteroatoms. The molecule has 0 bridgehead atoms. The van der Waals surface area contributed by atoms with E-state index < -0.39 is 11.7 Å². The number of halogens is 3. The van der Waals surface area contributed by atoms with Crippen molar-refractivity contribution in [3.05, 3.63) is 29.8 Å². The number of aliphatic imine (C=N–C) groups is 1. The molecule has 1 aliphatic rings. The second kappa shape index (κ2) is 5.55. The SMILES string of the molecule is CC1=Nc2c(N=Nc3cccc(C(F)(F)F)c3)c(N)nn2C(=O)C1. The molecule has 2 aromatic rings. The van der Waals surface area contributed by atoms with Crippen molar-refractivity contribution in [3.63, 3.8) is 0 Å². The number of benzene rings is 1. The predicted molar refractivity (Wildman–Crippen MR) is 80.3 cm³/mol. The number of alkyl halides is 3. The highest BCUT2D eigenvalue weighted by atomic mass is 19.4. The van der Waals surface area contributed by atoms with Crippen molar-refractivity contribution in [2.24, 2.45) is 15.2 Å². The normalized spacial score (nSPS) is 14.8. The van der Waals surface area contributed by atoms with E-state index in [1.165, 1.54) is 12.1 Å². The Hall–Kier alpha value is -3.04. The average Bonchev–Trinajstić information content (AvgIpc) is 2.81. The minimum absolute atomic E-state index is 0.00740. The van der Waals surface area contributed by atoms with Gasteiger partial charge >= 0.3 is 6.18 Å². The van der Waals surface area contributed by atoms with E-state index in [4.69, 9.17) is 5.73 Å². The molecule has 124 valence electrons. The van der Waals surface area contributed by atoms with Crippen LogP contribution in [0.15, 0.2) is 39.5 Å². The molecule has 0 saturated carbocycles. The van der Waals surface area contributed by atoms with Crippen LogP contribution in [-0.2, 0) is 6.18 Å². The van der Waals surface area contributed by atoms with Crippen molar-refractivity contribution in [1.82, 2.24) is 9.78 Å². The molecular weight excluding hydrogens is 325 g/mol. The quantitative estimate of drug-likeness (QED) is 0.838. The second-order valence-corrected chi connectivity index (χ2v) is 5.13. The van der Waals surface area contributed by atoms with E-state index in [1.807, 2.05) is 0 Å². The molecule has 0 atom stereocenters. The van der Waals surface area contributed by atoms with Gasteiger partial charge in [-0.2, -0.15) is 23.0 Å². The monoisotopic (exact) mass is 336 g/mol. The maximum Gasteiger partial charge on any atom is 0.416 e. The van der Waals surface area contributed by atoms with Gasteiger partial charge < -0.3 is 5.73 Å². The van der Waals surface area contributed by atoms with E-state index in [0.29, 0.717) is 5.71 Å². The molecule has 0 unspecified atom stereocenters. The third kappa shape index (κ3) is 2.90. The molecule has 0 fully saturated rings. The summed E-state index contributed by atoms with van der Waals surface area (Å²) in [6.07, 6.45) is -4.37. The van der Waals surface area contributed by atoms with Crippen molar-refractivity contribution in [2.45, 2.75) is 19.5 Å². The first-order valence-electron chi connectivity index (χ1n) is 6.80. The third-order valence-electron chi connectivity index (χ3n) is 3.24. The Morgan fingerprint density at radius 3 is 2.75 bits per heavy atom. The van der Waals surface area contributed by atoms with Gasteiger partial charge in [0.05, 0.1) is 17.7 Å². The van der Waals surface area contributed by atoms with Crippen LogP contribution >= 0.6 is 0 Å². The van der Waals surface area contributed by atoms with Crippen LogP contribution in [0.25, 0.3) is 0 Å². The van der Waals surface area contributed by atoms with E-state index in [0.717, 1.165) is 16.8 Å². The molecule has 3 rings (SSSR count). The topological polar surface area (TPSA) is 98.0 Å². The molecule has 7 nitrogen and oxygen atoms in total. The zero-order chi connectivity index (χ0) is 17.5. The highest BCUT2D eigenvalue weighted by Gasteiger charge is 2.30. The lowest BCUT2D eigenvalue weighted by atomic mass is 10.2. The molecule has 2 heterocycles. The van der Waals surface area contributed by atoms with Crippen molar-refractivity contribution in [1.29, 1.82) is 0 Å². The smallest absolute Gasteiger partial charge is 0.380 e. The number of carbonyl (C=O) groups excluding carboxylic acids is 1. The van der Waals surface area contributed by atoms with E-state index in [2.05, 4.69) is 20.3 Å². The van der Waals surface area contributed by atoms with Crippen molar-refractivity contribution >= 4 is 34.6 Å². The zero-order valence-electron chi connectivity index (χ0n) is 12.4. The number of anilines is 1. The van der Waals surface area contributed by atoms with Gasteiger partial charge in [-0.3, -0.25) is 4.79 Å². The lowest BCUT2D eigenvalue weighted by Crippen LogP contribution is -2.19. The number of fused-ring (bicyclic) bond motifs is 1. The fourth-order valence-electron chi connectivity index (χ4n) is 2.15. The van der Waals surface area contributed by atoms with Gasteiger partial charge in [0.2, 0.25) is 0 Å². The van der Waals surface area contributed by atoms with Crippen LogP contribution in [0, 0.1) is 0 Å². The number of nitrogen functional groups attached to an aromatic ring is 1. The van der Waals surface area contributed by atoms with Crippen LogP contribution < -0.4 is 5.73 Å².